The van der Waals surface area contributed by atoms with Gasteiger partial charge in [-0.25, -0.2) is 0 Å². The molecular weight excluding hydrogens is 335 g/mol. The fourth-order valence-electron chi connectivity index (χ4n) is 2.26. The summed E-state index contributed by atoms with van der Waals surface area (Å²) in [7, 11) is 0. The van der Waals surface area contributed by atoms with Crippen LogP contribution in [0.2, 0.25) is 0 Å². The standard InChI is InChI=1S/C14H17Cl3N2O2/c1-10-2-4-11(5-3-10)12(20)18-13(14(15,16)17)19-6-8-21-9-7-19/h2-5,13H,6-9H2,1H3,(H,18,20)/p+1. The van der Waals surface area contributed by atoms with Gasteiger partial charge in [-0.2, -0.15) is 0 Å². The van der Waals surface area contributed by atoms with Gasteiger partial charge in [0, 0.05) is 5.56 Å². The Balaban J connectivity index is 2.10. The Morgan fingerprint density at radius 3 is 2.33 bits per heavy atom. The quantitative estimate of drug-likeness (QED) is 0.806. The Bertz CT molecular complexity index is 482. The number of alkyl halides is 3. The zero-order valence-corrected chi connectivity index (χ0v) is 13.9. The lowest BCUT2D eigenvalue weighted by molar-refractivity contribution is -0.934. The number of hydrogen-bond acceptors (Lipinski definition) is 2. The maximum Gasteiger partial charge on any atom is 0.262 e. The molecule has 1 amide bonds. The third kappa shape index (κ3) is 4.73. The number of carbonyl (C=O) groups is 1. The number of morpholine rings is 1. The first-order valence-corrected chi connectivity index (χ1v) is 7.88. The number of carbonyl (C=O) groups excluding carboxylic acids is 1. The Labute approximate surface area is 139 Å². The monoisotopic (exact) mass is 351 g/mol. The maximum absolute atomic E-state index is 12.3. The maximum atomic E-state index is 12.3. The largest absolute Gasteiger partial charge is 0.370 e. The lowest BCUT2D eigenvalue weighted by Crippen LogP contribution is -3.21. The van der Waals surface area contributed by atoms with Crippen LogP contribution in [-0.2, 0) is 4.74 Å². The van der Waals surface area contributed by atoms with Gasteiger partial charge in [0.15, 0.2) is 0 Å². The van der Waals surface area contributed by atoms with Crippen LogP contribution in [0, 0.1) is 6.92 Å². The predicted molar refractivity (Wildman–Crippen MR) is 84.2 cm³/mol. The first-order chi connectivity index (χ1) is 9.88. The fourth-order valence-corrected chi connectivity index (χ4v) is 2.88. The summed E-state index contributed by atoms with van der Waals surface area (Å²) in [5, 5.41) is 2.84. The van der Waals surface area contributed by atoms with E-state index in [0.29, 0.717) is 31.9 Å². The summed E-state index contributed by atoms with van der Waals surface area (Å²) >= 11 is 18.1. The summed E-state index contributed by atoms with van der Waals surface area (Å²) < 4.78 is 3.73. The topological polar surface area (TPSA) is 42.8 Å². The number of rotatable bonds is 3. The zero-order valence-electron chi connectivity index (χ0n) is 11.7. The number of quaternary nitrogens is 1. The van der Waals surface area contributed by atoms with Crippen molar-refractivity contribution < 1.29 is 14.4 Å². The summed E-state index contributed by atoms with van der Waals surface area (Å²) in [4.78, 5) is 13.3. The van der Waals surface area contributed by atoms with Crippen molar-refractivity contribution in [3.63, 3.8) is 0 Å². The van der Waals surface area contributed by atoms with E-state index in [2.05, 4.69) is 5.32 Å². The van der Waals surface area contributed by atoms with Crippen molar-refractivity contribution in [3.05, 3.63) is 35.4 Å². The van der Waals surface area contributed by atoms with Crippen molar-refractivity contribution in [1.82, 2.24) is 5.32 Å². The summed E-state index contributed by atoms with van der Waals surface area (Å²) in [6.45, 7) is 4.52. The predicted octanol–water partition coefficient (Wildman–Crippen LogP) is 1.34. The van der Waals surface area contributed by atoms with Gasteiger partial charge in [-0.1, -0.05) is 52.5 Å². The van der Waals surface area contributed by atoms with Crippen LogP contribution >= 0.6 is 34.8 Å². The Kier molecular flexibility index (Phi) is 5.74. The molecule has 1 atom stereocenters. The van der Waals surface area contributed by atoms with E-state index in [1.807, 2.05) is 19.1 Å². The normalized spacial score (nSPS) is 18.3. The van der Waals surface area contributed by atoms with Crippen molar-refractivity contribution in [3.8, 4) is 0 Å². The average molecular weight is 353 g/mol. The Hall–Kier alpha value is -0.520. The van der Waals surface area contributed by atoms with Gasteiger partial charge < -0.3 is 9.64 Å². The van der Waals surface area contributed by atoms with Crippen LogP contribution in [0.1, 0.15) is 15.9 Å². The smallest absolute Gasteiger partial charge is 0.262 e. The van der Waals surface area contributed by atoms with Crippen molar-refractivity contribution in [2.24, 2.45) is 0 Å². The molecule has 0 spiro atoms. The van der Waals surface area contributed by atoms with E-state index in [-0.39, 0.29) is 5.91 Å². The van der Waals surface area contributed by atoms with Gasteiger partial charge in [0.2, 0.25) is 6.17 Å². The van der Waals surface area contributed by atoms with Gasteiger partial charge in [0.05, 0.1) is 13.2 Å². The van der Waals surface area contributed by atoms with E-state index in [9.17, 15) is 4.79 Å². The van der Waals surface area contributed by atoms with E-state index >= 15 is 0 Å². The molecule has 1 heterocycles. The molecule has 2 rings (SSSR count). The van der Waals surface area contributed by atoms with E-state index < -0.39 is 9.96 Å². The number of aryl methyl sites for hydroxylation is 1. The first-order valence-electron chi connectivity index (χ1n) is 6.74. The van der Waals surface area contributed by atoms with Crippen LogP contribution in [0.5, 0.6) is 0 Å². The third-order valence-corrected chi connectivity index (χ3v) is 4.11. The van der Waals surface area contributed by atoms with Gasteiger partial charge in [0.1, 0.15) is 13.1 Å². The highest BCUT2D eigenvalue weighted by atomic mass is 35.6. The minimum absolute atomic E-state index is 0.245. The molecule has 1 fully saturated rings. The number of nitrogens with one attached hydrogen (secondary N) is 2. The molecule has 1 aromatic carbocycles. The van der Waals surface area contributed by atoms with E-state index in [0.717, 1.165) is 10.5 Å². The van der Waals surface area contributed by atoms with Gasteiger partial charge in [-0.15, -0.1) is 0 Å². The van der Waals surface area contributed by atoms with Crippen LogP contribution in [0.4, 0.5) is 0 Å². The molecule has 116 valence electrons. The molecule has 0 saturated carbocycles. The fraction of sp³-hybridized carbons (Fsp3) is 0.500. The highest BCUT2D eigenvalue weighted by Gasteiger charge is 2.42. The van der Waals surface area contributed by atoms with Crippen LogP contribution < -0.4 is 10.2 Å². The van der Waals surface area contributed by atoms with Crippen molar-refractivity contribution in [2.75, 3.05) is 26.3 Å². The number of ether oxygens (including phenoxy) is 1. The summed E-state index contributed by atoms with van der Waals surface area (Å²) in [6.07, 6.45) is -0.611. The minimum Gasteiger partial charge on any atom is -0.370 e. The highest BCUT2D eigenvalue weighted by Crippen LogP contribution is 2.28. The summed E-state index contributed by atoms with van der Waals surface area (Å²) in [5.74, 6) is -0.245. The highest BCUT2D eigenvalue weighted by molar-refractivity contribution is 6.68. The average Bonchev–Trinajstić information content (AvgIpc) is 2.45. The van der Waals surface area contributed by atoms with Gasteiger partial charge >= 0.3 is 0 Å². The number of halogens is 3. The minimum atomic E-state index is -1.58. The van der Waals surface area contributed by atoms with Crippen molar-refractivity contribution in [2.45, 2.75) is 16.9 Å². The SMILES string of the molecule is Cc1ccc(C(=O)NC([NH+]2CCOCC2)C(Cl)(Cl)Cl)cc1. The molecule has 0 bridgehead atoms. The molecule has 1 unspecified atom stereocenters. The van der Waals surface area contributed by atoms with Gasteiger partial charge in [-0.05, 0) is 19.1 Å². The van der Waals surface area contributed by atoms with Crippen molar-refractivity contribution >= 4 is 40.7 Å². The second-order valence-electron chi connectivity index (χ2n) is 5.08. The molecule has 1 aromatic rings. The number of hydrogen-bond donors (Lipinski definition) is 2. The van der Waals surface area contributed by atoms with E-state index in [1.165, 1.54) is 0 Å². The molecule has 1 aliphatic heterocycles. The van der Waals surface area contributed by atoms with Crippen molar-refractivity contribution in [1.29, 1.82) is 0 Å². The molecule has 4 nitrogen and oxygen atoms in total. The van der Waals surface area contributed by atoms with E-state index in [4.69, 9.17) is 39.5 Å². The Morgan fingerprint density at radius 1 is 1.24 bits per heavy atom. The van der Waals surface area contributed by atoms with E-state index in [1.54, 1.807) is 12.1 Å². The molecule has 2 N–H and O–H groups in total. The van der Waals surface area contributed by atoms with Crippen LogP contribution in [0.25, 0.3) is 0 Å². The zero-order chi connectivity index (χ0) is 15.5. The molecule has 0 radical (unpaired) electrons. The molecule has 1 aliphatic rings. The lowest BCUT2D eigenvalue weighted by atomic mass is 10.1. The molecule has 0 aliphatic carbocycles. The molecule has 21 heavy (non-hydrogen) atoms. The third-order valence-electron chi connectivity index (χ3n) is 3.46. The van der Waals surface area contributed by atoms with Gasteiger partial charge in [0.25, 0.3) is 9.70 Å². The number of benzene rings is 1. The van der Waals surface area contributed by atoms with Gasteiger partial charge in [-0.3, -0.25) is 10.1 Å². The first kappa shape index (κ1) is 16.8. The second-order valence-corrected chi connectivity index (χ2v) is 7.45. The molecular formula is C14H18Cl3N2O2+. The molecule has 7 heteroatoms. The summed E-state index contributed by atoms with van der Waals surface area (Å²) in [5.41, 5.74) is 1.63. The summed E-state index contributed by atoms with van der Waals surface area (Å²) in [6, 6.07) is 7.27. The lowest BCUT2D eigenvalue weighted by Gasteiger charge is -2.35. The molecule has 0 aromatic heterocycles. The number of amides is 1. The molecule has 1 saturated heterocycles. The Morgan fingerprint density at radius 2 is 1.81 bits per heavy atom. The second kappa shape index (κ2) is 7.16. The van der Waals surface area contributed by atoms with Crippen LogP contribution in [0.3, 0.4) is 0 Å². The van der Waals surface area contributed by atoms with Crippen LogP contribution in [0.15, 0.2) is 24.3 Å². The van der Waals surface area contributed by atoms with Crippen LogP contribution in [-0.4, -0.2) is 42.2 Å².